The number of nitrogens with one attached hydrogen (secondary N) is 1. The number of aromatic nitrogens is 2. The maximum atomic E-state index is 3.89. The fraction of sp³-hybridized carbons (Fsp3) is 0. The Labute approximate surface area is 57.1 Å². The predicted molar refractivity (Wildman–Crippen MR) is 36.0 cm³/mol. The molecular weight excluding hydrogens is 130 g/mol. The van der Waals surface area contributed by atoms with Crippen LogP contribution in [0.2, 0.25) is 0 Å². The highest BCUT2D eigenvalue weighted by molar-refractivity contribution is 5.42. The van der Waals surface area contributed by atoms with Gasteiger partial charge in [-0.3, -0.25) is 4.57 Å². The zero-order chi connectivity index (χ0) is 6.81. The van der Waals surface area contributed by atoms with Gasteiger partial charge in [-0.2, -0.15) is 0 Å². The summed E-state index contributed by atoms with van der Waals surface area (Å²) in [5.74, 6) is 0.817. The molecule has 1 aromatic heterocycles. The number of fused-ring (bicyclic) bond motifs is 1. The van der Waals surface area contributed by atoms with Crippen LogP contribution in [-0.2, 0) is 0 Å². The van der Waals surface area contributed by atoms with Crippen LogP contribution in [0.1, 0.15) is 0 Å². The normalized spacial score (nSPS) is 14.0. The second-order valence-corrected chi connectivity index (χ2v) is 1.81. The van der Waals surface area contributed by atoms with Gasteiger partial charge in [-0.25, -0.2) is 10.4 Å². The zero-order valence-corrected chi connectivity index (χ0v) is 5.10. The number of nitrogens with zero attached hydrogens (tertiary/aromatic N) is 4. The van der Waals surface area contributed by atoms with Gasteiger partial charge in [-0.1, -0.05) is 5.22 Å². The van der Waals surface area contributed by atoms with Crippen molar-refractivity contribution >= 4 is 12.0 Å². The smallest absolute Gasteiger partial charge is 0.152 e. The summed E-state index contributed by atoms with van der Waals surface area (Å²) in [5, 5.41) is 7.25. The summed E-state index contributed by atoms with van der Waals surface area (Å²) in [6.07, 6.45) is 6.71. The number of imidazole rings is 1. The Hall–Kier alpha value is -1.65. The van der Waals surface area contributed by atoms with Gasteiger partial charge in [0.05, 0.1) is 12.4 Å². The first-order valence-corrected chi connectivity index (χ1v) is 2.81. The summed E-state index contributed by atoms with van der Waals surface area (Å²) in [6, 6.07) is 0. The van der Waals surface area contributed by atoms with E-state index >= 15 is 0 Å². The molecule has 1 N–H and O–H groups in total. The van der Waals surface area contributed by atoms with E-state index in [1.54, 1.807) is 29.5 Å². The number of hydrogen-bond donors (Lipinski definition) is 1. The summed E-state index contributed by atoms with van der Waals surface area (Å²) >= 11 is 0. The molecule has 0 saturated heterocycles. The molecule has 0 bridgehead atoms. The van der Waals surface area contributed by atoms with Gasteiger partial charge >= 0.3 is 0 Å². The van der Waals surface area contributed by atoms with Crippen LogP contribution in [0, 0.1) is 0 Å². The van der Waals surface area contributed by atoms with Crippen molar-refractivity contribution in [1.82, 2.24) is 9.55 Å². The van der Waals surface area contributed by atoms with E-state index in [1.165, 1.54) is 0 Å². The van der Waals surface area contributed by atoms with Crippen molar-refractivity contribution in [1.29, 1.82) is 0 Å². The summed E-state index contributed by atoms with van der Waals surface area (Å²) in [7, 11) is 0. The van der Waals surface area contributed by atoms with Crippen LogP contribution in [0.5, 0.6) is 0 Å². The quantitative estimate of drug-likeness (QED) is 0.579. The molecule has 0 unspecified atom stereocenters. The van der Waals surface area contributed by atoms with Crippen LogP contribution in [0.3, 0.4) is 0 Å². The van der Waals surface area contributed by atoms with Crippen molar-refractivity contribution in [3.8, 4) is 0 Å². The molecule has 2 heterocycles. The summed E-state index contributed by atoms with van der Waals surface area (Å²) in [4.78, 5) is 3.89. The Kier molecular flexibility index (Phi) is 1.00. The van der Waals surface area contributed by atoms with Crippen LogP contribution in [0.4, 0.5) is 5.82 Å². The average molecular weight is 135 g/mol. The van der Waals surface area contributed by atoms with Crippen molar-refractivity contribution in [2.24, 2.45) is 10.3 Å². The molecule has 0 spiro atoms. The van der Waals surface area contributed by atoms with Crippen molar-refractivity contribution in [3.05, 3.63) is 18.7 Å². The van der Waals surface area contributed by atoms with Crippen LogP contribution >= 0.6 is 0 Å². The number of hydrogen-bond acceptors (Lipinski definition) is 4. The highest BCUT2D eigenvalue weighted by Crippen LogP contribution is 2.08. The highest BCUT2D eigenvalue weighted by atomic mass is 15.5. The Balaban J connectivity index is 2.50. The second kappa shape index (κ2) is 1.94. The molecule has 0 radical (unpaired) electrons. The first-order valence-electron chi connectivity index (χ1n) is 2.81. The Morgan fingerprint density at radius 2 is 2.50 bits per heavy atom. The van der Waals surface area contributed by atoms with Crippen LogP contribution in [0.15, 0.2) is 29.1 Å². The molecule has 2 rings (SSSR count). The van der Waals surface area contributed by atoms with Gasteiger partial charge in [0.15, 0.2) is 5.82 Å². The van der Waals surface area contributed by atoms with Crippen molar-refractivity contribution < 1.29 is 0 Å². The van der Waals surface area contributed by atoms with Gasteiger partial charge in [0.2, 0.25) is 0 Å². The minimum atomic E-state index is 0.817. The molecular formula is C5H5N5. The largest absolute Gasteiger partial charge is 0.290 e. The van der Waals surface area contributed by atoms with Gasteiger partial charge in [0.1, 0.15) is 6.33 Å². The van der Waals surface area contributed by atoms with Crippen LogP contribution in [0.25, 0.3) is 6.20 Å². The molecule has 5 nitrogen and oxygen atoms in total. The monoisotopic (exact) mass is 135 g/mol. The third-order valence-corrected chi connectivity index (χ3v) is 1.18. The van der Waals surface area contributed by atoms with E-state index in [2.05, 4.69) is 20.7 Å². The lowest BCUT2D eigenvalue weighted by Crippen LogP contribution is -1.90. The second-order valence-electron chi connectivity index (χ2n) is 1.81. The third-order valence-electron chi connectivity index (χ3n) is 1.18. The van der Waals surface area contributed by atoms with Gasteiger partial charge in [-0.05, 0) is 0 Å². The minimum Gasteiger partial charge on any atom is -0.290 e. The third kappa shape index (κ3) is 0.680. The summed E-state index contributed by atoms with van der Waals surface area (Å²) < 4.78 is 1.79. The first-order chi connectivity index (χ1) is 4.97. The molecule has 0 atom stereocenters. The molecule has 0 aliphatic carbocycles. The first kappa shape index (κ1) is 5.16. The lowest BCUT2D eigenvalue weighted by atomic mass is 10.7. The van der Waals surface area contributed by atoms with Crippen LogP contribution < -0.4 is 5.43 Å². The Morgan fingerprint density at radius 3 is 3.50 bits per heavy atom. The molecule has 1 aliphatic rings. The van der Waals surface area contributed by atoms with E-state index in [9.17, 15) is 0 Å². The molecule has 1 aromatic rings. The SMILES string of the molecule is C1=Cn2cncc2NN=N1. The maximum absolute atomic E-state index is 3.89. The maximum Gasteiger partial charge on any atom is 0.152 e. The summed E-state index contributed by atoms with van der Waals surface area (Å²) in [6.45, 7) is 0. The van der Waals surface area contributed by atoms with E-state index < -0.39 is 0 Å². The highest BCUT2D eigenvalue weighted by Gasteiger charge is 1.97. The van der Waals surface area contributed by atoms with E-state index in [0.29, 0.717) is 0 Å². The molecule has 0 aromatic carbocycles. The van der Waals surface area contributed by atoms with Gasteiger partial charge in [-0.15, -0.1) is 5.11 Å². The molecule has 0 fully saturated rings. The lowest BCUT2D eigenvalue weighted by Gasteiger charge is -1.94. The van der Waals surface area contributed by atoms with E-state index in [-0.39, 0.29) is 0 Å². The molecule has 5 heteroatoms. The molecule has 1 aliphatic heterocycles. The molecule has 50 valence electrons. The number of anilines is 1. The van der Waals surface area contributed by atoms with Gasteiger partial charge in [0, 0.05) is 6.20 Å². The average Bonchev–Trinajstić information content (AvgIpc) is 2.28. The molecule has 0 saturated carbocycles. The van der Waals surface area contributed by atoms with E-state index in [1.807, 2.05) is 0 Å². The van der Waals surface area contributed by atoms with E-state index in [0.717, 1.165) is 5.82 Å². The summed E-state index contributed by atoms with van der Waals surface area (Å²) in [5.41, 5.74) is 2.70. The topological polar surface area (TPSA) is 54.6 Å². The minimum absolute atomic E-state index is 0.817. The Bertz CT molecular complexity index is 284. The van der Waals surface area contributed by atoms with Gasteiger partial charge in [0.25, 0.3) is 0 Å². The van der Waals surface area contributed by atoms with Crippen LogP contribution in [-0.4, -0.2) is 9.55 Å². The van der Waals surface area contributed by atoms with Crippen molar-refractivity contribution in [3.63, 3.8) is 0 Å². The standard InChI is InChI=1S/C5H5N5/c1-2-10-4-6-3-5(10)8-9-7-1/h1-4H,(H,7,8). The fourth-order valence-electron chi connectivity index (χ4n) is 0.725. The van der Waals surface area contributed by atoms with Crippen molar-refractivity contribution in [2.75, 3.05) is 5.43 Å². The fourth-order valence-corrected chi connectivity index (χ4v) is 0.725. The van der Waals surface area contributed by atoms with Crippen molar-refractivity contribution in [2.45, 2.75) is 0 Å². The zero-order valence-electron chi connectivity index (χ0n) is 5.10. The number of rotatable bonds is 0. The molecule has 0 amide bonds. The predicted octanol–water partition coefficient (Wildman–Crippen LogP) is 1.10. The molecule has 10 heavy (non-hydrogen) atoms. The lowest BCUT2D eigenvalue weighted by molar-refractivity contribution is 1.10. The Morgan fingerprint density at radius 1 is 1.50 bits per heavy atom. The van der Waals surface area contributed by atoms with E-state index in [4.69, 9.17) is 0 Å². The van der Waals surface area contributed by atoms with Gasteiger partial charge < -0.3 is 0 Å².